The van der Waals surface area contributed by atoms with E-state index in [-0.39, 0.29) is 32.0 Å². The first-order valence-corrected chi connectivity index (χ1v) is 5.16. The maximum atomic E-state index is 11.2. The van der Waals surface area contributed by atoms with Gasteiger partial charge in [-0.1, -0.05) is 5.16 Å². The predicted molar refractivity (Wildman–Crippen MR) is 59.4 cm³/mol. The minimum atomic E-state index is -0.856. The fraction of sp³-hybridized carbons (Fsp3) is 0.600. The van der Waals surface area contributed by atoms with Gasteiger partial charge in [0, 0.05) is 20.6 Å². The van der Waals surface area contributed by atoms with Gasteiger partial charge in [-0.15, -0.1) is 0 Å². The van der Waals surface area contributed by atoms with Crippen LogP contribution in [0.2, 0.25) is 0 Å². The van der Waals surface area contributed by atoms with Crippen molar-refractivity contribution in [1.82, 2.24) is 0 Å². The summed E-state index contributed by atoms with van der Waals surface area (Å²) in [4.78, 5) is 33.0. The highest BCUT2D eigenvalue weighted by atomic mass is 16.6. The molecule has 1 N–H and O–H groups in total. The molecule has 0 saturated heterocycles. The first-order valence-electron chi connectivity index (χ1n) is 5.16. The van der Waals surface area contributed by atoms with Crippen LogP contribution in [0.25, 0.3) is 0 Å². The molecule has 0 aromatic rings. The molecule has 0 spiro atoms. The van der Waals surface area contributed by atoms with Crippen LogP contribution in [-0.4, -0.2) is 56.4 Å². The van der Waals surface area contributed by atoms with Crippen LogP contribution >= 0.6 is 0 Å². The number of hydrogen-bond acceptors (Lipinski definition) is 9. The van der Waals surface area contributed by atoms with E-state index in [9.17, 15) is 14.4 Å². The minimum Gasteiger partial charge on any atom is -0.408 e. The normalized spacial score (nSPS) is 10.9. The van der Waals surface area contributed by atoms with Gasteiger partial charge < -0.3 is 24.2 Å². The second kappa shape index (κ2) is 9.97. The molecule has 0 fully saturated rings. The third-order valence-electron chi connectivity index (χ3n) is 1.64. The Bertz CT molecular complexity index is 351. The topological polar surface area (TPSA) is 121 Å². The van der Waals surface area contributed by atoms with E-state index in [2.05, 4.69) is 24.1 Å². The number of rotatable bonds is 7. The summed E-state index contributed by atoms with van der Waals surface area (Å²) in [5.74, 6) is -2.85. The number of hydrogen-bond donors (Lipinski definition) is 1. The Morgan fingerprint density at radius 1 is 0.895 bits per heavy atom. The Morgan fingerprint density at radius 3 is 1.89 bits per heavy atom. The highest BCUT2D eigenvalue weighted by Gasteiger charge is 2.14. The highest BCUT2D eigenvalue weighted by Crippen LogP contribution is 1.99. The standard InChI is InChI=1S/C10H15NO8/c1-16-5-9(13)18-7(11-15)3-4-8(12)19-10(14)6-17-2/h15H,3-6H2,1-2H3/b11-7-. The van der Waals surface area contributed by atoms with Gasteiger partial charge in [-0.3, -0.25) is 4.79 Å². The van der Waals surface area contributed by atoms with Gasteiger partial charge in [0.25, 0.3) is 0 Å². The van der Waals surface area contributed by atoms with Crippen molar-refractivity contribution in [3.8, 4) is 0 Å². The van der Waals surface area contributed by atoms with Crippen LogP contribution in [0.15, 0.2) is 5.16 Å². The first kappa shape index (κ1) is 17.0. The third kappa shape index (κ3) is 8.69. The number of oxime groups is 1. The van der Waals surface area contributed by atoms with E-state index in [0.29, 0.717) is 0 Å². The lowest BCUT2D eigenvalue weighted by Crippen LogP contribution is -2.20. The molecule has 9 heteroatoms. The fourth-order valence-electron chi connectivity index (χ4n) is 0.934. The first-order chi connectivity index (χ1) is 9.03. The van der Waals surface area contributed by atoms with Gasteiger partial charge >= 0.3 is 17.9 Å². The molecular formula is C10H15NO8. The number of carbonyl (C=O) groups is 3. The number of methoxy groups -OCH3 is 2. The van der Waals surface area contributed by atoms with E-state index in [0.717, 1.165) is 0 Å². The minimum absolute atomic E-state index is 0.203. The molecular weight excluding hydrogens is 262 g/mol. The van der Waals surface area contributed by atoms with Gasteiger partial charge in [-0.25, -0.2) is 9.59 Å². The average molecular weight is 277 g/mol. The van der Waals surface area contributed by atoms with Gasteiger partial charge in [0.05, 0.1) is 6.42 Å². The molecule has 0 aromatic heterocycles. The maximum absolute atomic E-state index is 11.2. The molecule has 0 unspecified atom stereocenters. The van der Waals surface area contributed by atoms with Gasteiger partial charge in [0.1, 0.15) is 13.2 Å². The summed E-state index contributed by atoms with van der Waals surface area (Å²) in [6, 6.07) is 0. The second-order valence-corrected chi connectivity index (χ2v) is 3.18. The molecule has 0 aliphatic rings. The van der Waals surface area contributed by atoms with Gasteiger partial charge in [0.2, 0.25) is 5.90 Å². The Hall–Kier alpha value is -2.00. The summed E-state index contributed by atoms with van der Waals surface area (Å²) in [5.41, 5.74) is 0. The number of nitrogens with zero attached hydrogens (tertiary/aromatic N) is 1. The fourth-order valence-corrected chi connectivity index (χ4v) is 0.934. The lowest BCUT2D eigenvalue weighted by Gasteiger charge is -2.05. The van der Waals surface area contributed by atoms with Crippen molar-refractivity contribution < 1.29 is 38.5 Å². The van der Waals surface area contributed by atoms with E-state index in [1.54, 1.807) is 0 Å². The molecule has 0 heterocycles. The highest BCUT2D eigenvalue weighted by molar-refractivity contribution is 5.92. The zero-order valence-electron chi connectivity index (χ0n) is 10.6. The summed E-state index contributed by atoms with van der Waals surface area (Å²) in [5, 5.41) is 11.3. The quantitative estimate of drug-likeness (QED) is 0.164. The van der Waals surface area contributed by atoms with Gasteiger partial charge in [-0.05, 0) is 0 Å². The van der Waals surface area contributed by atoms with Crippen LogP contribution in [-0.2, 0) is 33.3 Å². The average Bonchev–Trinajstić information content (AvgIpc) is 2.34. The molecule has 0 amide bonds. The molecule has 108 valence electrons. The van der Waals surface area contributed by atoms with Crippen LogP contribution in [0.5, 0.6) is 0 Å². The Balaban J connectivity index is 4.04. The Labute approximate surface area is 109 Å². The van der Waals surface area contributed by atoms with Crippen molar-refractivity contribution in [2.24, 2.45) is 5.16 Å². The lowest BCUT2D eigenvalue weighted by atomic mass is 10.3. The van der Waals surface area contributed by atoms with E-state index in [1.807, 2.05) is 0 Å². The van der Waals surface area contributed by atoms with E-state index < -0.39 is 17.9 Å². The second-order valence-electron chi connectivity index (χ2n) is 3.18. The van der Waals surface area contributed by atoms with E-state index in [4.69, 9.17) is 5.21 Å². The molecule has 19 heavy (non-hydrogen) atoms. The summed E-state index contributed by atoms with van der Waals surface area (Å²) in [6.45, 7) is -0.675. The number of carbonyl (C=O) groups excluding carboxylic acids is 3. The largest absolute Gasteiger partial charge is 0.408 e. The molecule has 0 aliphatic heterocycles. The molecule has 9 nitrogen and oxygen atoms in total. The van der Waals surface area contributed by atoms with Crippen LogP contribution in [0, 0.1) is 0 Å². The molecule has 0 bridgehead atoms. The molecule has 0 rings (SSSR count). The lowest BCUT2D eigenvalue weighted by molar-refractivity contribution is -0.162. The van der Waals surface area contributed by atoms with Crippen molar-refractivity contribution in [3.05, 3.63) is 0 Å². The van der Waals surface area contributed by atoms with Crippen molar-refractivity contribution >= 4 is 23.8 Å². The van der Waals surface area contributed by atoms with Crippen molar-refractivity contribution in [2.75, 3.05) is 27.4 Å². The Morgan fingerprint density at radius 2 is 1.42 bits per heavy atom. The van der Waals surface area contributed by atoms with E-state index >= 15 is 0 Å². The van der Waals surface area contributed by atoms with Gasteiger partial charge in [0.15, 0.2) is 0 Å². The molecule has 0 atom stereocenters. The molecule has 0 saturated carbocycles. The van der Waals surface area contributed by atoms with Crippen molar-refractivity contribution in [2.45, 2.75) is 12.8 Å². The van der Waals surface area contributed by atoms with Crippen LogP contribution < -0.4 is 0 Å². The van der Waals surface area contributed by atoms with Gasteiger partial charge in [-0.2, -0.15) is 0 Å². The molecule has 0 aliphatic carbocycles. The summed E-state index contributed by atoms with van der Waals surface area (Å²) in [6.07, 6.45) is -0.500. The summed E-state index contributed by atoms with van der Waals surface area (Å²) < 4.78 is 17.8. The number of ether oxygens (including phenoxy) is 4. The molecule has 0 aromatic carbocycles. The summed E-state index contributed by atoms with van der Waals surface area (Å²) >= 11 is 0. The Kier molecular flexibility index (Phi) is 8.92. The summed E-state index contributed by atoms with van der Waals surface area (Å²) in [7, 11) is 2.56. The number of esters is 3. The zero-order valence-corrected chi connectivity index (χ0v) is 10.6. The zero-order chi connectivity index (χ0) is 14.7. The smallest absolute Gasteiger partial charge is 0.339 e. The van der Waals surface area contributed by atoms with Crippen LogP contribution in [0.4, 0.5) is 0 Å². The molecule has 0 radical (unpaired) electrons. The van der Waals surface area contributed by atoms with Crippen LogP contribution in [0.3, 0.4) is 0 Å². The monoisotopic (exact) mass is 277 g/mol. The maximum Gasteiger partial charge on any atom is 0.339 e. The van der Waals surface area contributed by atoms with Crippen molar-refractivity contribution in [1.29, 1.82) is 0 Å². The third-order valence-corrected chi connectivity index (χ3v) is 1.64. The van der Waals surface area contributed by atoms with E-state index in [1.165, 1.54) is 14.2 Å². The van der Waals surface area contributed by atoms with Crippen molar-refractivity contribution in [3.63, 3.8) is 0 Å². The predicted octanol–water partition coefficient (Wildman–Crippen LogP) is -0.540. The van der Waals surface area contributed by atoms with Crippen LogP contribution in [0.1, 0.15) is 12.8 Å². The SMILES string of the molecule is COCC(=O)OC(=O)CC/C(=N/O)OC(=O)COC.